The molecule has 1 aliphatic heterocycles. The third kappa shape index (κ3) is 2.81. The van der Waals surface area contributed by atoms with Gasteiger partial charge >= 0.3 is 6.55 Å². The van der Waals surface area contributed by atoms with E-state index in [0.717, 1.165) is 19.5 Å². The van der Waals surface area contributed by atoms with E-state index in [2.05, 4.69) is 16.9 Å². The Kier molecular flexibility index (Phi) is 3.44. The molecule has 2 heterocycles. The minimum absolute atomic E-state index is 0.158. The van der Waals surface area contributed by atoms with Crippen molar-refractivity contribution < 1.29 is 8.78 Å². The number of rotatable bonds is 4. The maximum atomic E-state index is 12.3. The van der Waals surface area contributed by atoms with Crippen molar-refractivity contribution in [1.82, 2.24) is 14.7 Å². The first-order chi connectivity index (χ1) is 8.02. The average Bonchev–Trinajstić information content (AvgIpc) is 2.87. The van der Waals surface area contributed by atoms with Gasteiger partial charge in [0.05, 0.1) is 5.69 Å². The molecule has 0 aliphatic carbocycles. The second-order valence-corrected chi connectivity index (χ2v) is 5.04. The van der Waals surface area contributed by atoms with Crippen LogP contribution in [0.5, 0.6) is 0 Å². The highest BCUT2D eigenvalue weighted by Crippen LogP contribution is 2.29. The molecule has 4 nitrogen and oxygen atoms in total. The molecule has 2 rings (SSSR count). The topological polar surface area (TPSA) is 47.1 Å². The quantitative estimate of drug-likeness (QED) is 0.872. The molecule has 0 saturated carbocycles. The molecule has 17 heavy (non-hydrogen) atoms. The fourth-order valence-corrected chi connectivity index (χ4v) is 2.23. The summed E-state index contributed by atoms with van der Waals surface area (Å²) >= 11 is 0. The molecule has 1 aromatic heterocycles. The Morgan fingerprint density at radius 3 is 2.88 bits per heavy atom. The van der Waals surface area contributed by atoms with E-state index < -0.39 is 6.55 Å². The van der Waals surface area contributed by atoms with Crippen molar-refractivity contribution in [1.29, 1.82) is 0 Å². The van der Waals surface area contributed by atoms with Crippen LogP contribution in [0.4, 0.5) is 8.78 Å². The number of halogens is 2. The van der Waals surface area contributed by atoms with Gasteiger partial charge in [-0.3, -0.25) is 4.90 Å². The van der Waals surface area contributed by atoms with E-state index in [9.17, 15) is 8.78 Å². The Morgan fingerprint density at radius 2 is 2.35 bits per heavy atom. The Bertz CT molecular complexity index is 379. The van der Waals surface area contributed by atoms with Gasteiger partial charge in [0.25, 0.3) is 0 Å². The van der Waals surface area contributed by atoms with Gasteiger partial charge in [-0.25, -0.2) is 4.68 Å². The molecule has 1 aliphatic rings. The average molecular weight is 244 g/mol. The Hall–Kier alpha value is -1.01. The molecule has 96 valence electrons. The van der Waals surface area contributed by atoms with E-state index in [4.69, 9.17) is 5.73 Å². The van der Waals surface area contributed by atoms with Crippen LogP contribution in [0.2, 0.25) is 0 Å². The Labute approximate surface area is 99.4 Å². The highest BCUT2D eigenvalue weighted by atomic mass is 19.3. The van der Waals surface area contributed by atoms with E-state index in [1.165, 1.54) is 6.20 Å². The molecule has 0 spiro atoms. The summed E-state index contributed by atoms with van der Waals surface area (Å²) in [4.78, 5) is 2.21. The predicted octanol–water partition coefficient (Wildman–Crippen LogP) is 1.45. The summed E-state index contributed by atoms with van der Waals surface area (Å²) in [6, 6.07) is 1.64. The van der Waals surface area contributed by atoms with Crippen LogP contribution in [-0.2, 0) is 6.54 Å². The largest absolute Gasteiger partial charge is 0.333 e. The summed E-state index contributed by atoms with van der Waals surface area (Å²) in [5.41, 5.74) is 6.57. The lowest BCUT2D eigenvalue weighted by atomic mass is 9.90. The van der Waals surface area contributed by atoms with Gasteiger partial charge in [0.2, 0.25) is 0 Å². The van der Waals surface area contributed by atoms with Crippen LogP contribution < -0.4 is 5.73 Å². The van der Waals surface area contributed by atoms with Crippen LogP contribution in [0.1, 0.15) is 25.6 Å². The van der Waals surface area contributed by atoms with Crippen molar-refractivity contribution in [3.8, 4) is 0 Å². The molecule has 1 fully saturated rings. The van der Waals surface area contributed by atoms with Crippen LogP contribution in [0.25, 0.3) is 0 Å². The summed E-state index contributed by atoms with van der Waals surface area (Å²) in [6.07, 6.45) is 2.37. The number of nitrogens with two attached hydrogens (primary N) is 1. The lowest BCUT2D eigenvalue weighted by Crippen LogP contribution is -2.31. The number of alkyl halides is 2. The highest BCUT2D eigenvalue weighted by molar-refractivity contribution is 5.00. The summed E-state index contributed by atoms with van der Waals surface area (Å²) in [6.45, 7) is 2.74. The molecule has 0 amide bonds. The van der Waals surface area contributed by atoms with Crippen LogP contribution in [0, 0.1) is 5.41 Å². The maximum absolute atomic E-state index is 12.3. The first-order valence-electron chi connectivity index (χ1n) is 5.77. The molecule has 1 unspecified atom stereocenters. The van der Waals surface area contributed by atoms with Gasteiger partial charge in [-0.15, -0.1) is 0 Å². The van der Waals surface area contributed by atoms with Crippen LogP contribution >= 0.6 is 0 Å². The standard InChI is InChI=1S/C11H18F2N4/c1-11(7-14)3-5-16(8-11)6-9-2-4-17(15-9)10(12)13/h2,4,10H,3,5-8,14H2,1H3. The number of nitrogens with zero attached hydrogens (tertiary/aromatic N) is 3. The van der Waals surface area contributed by atoms with Gasteiger partial charge in [-0.1, -0.05) is 6.92 Å². The Morgan fingerprint density at radius 1 is 1.59 bits per heavy atom. The molecular formula is C11H18F2N4. The van der Waals surface area contributed by atoms with E-state index in [1.54, 1.807) is 6.07 Å². The minimum atomic E-state index is -2.56. The summed E-state index contributed by atoms with van der Waals surface area (Å²) < 4.78 is 25.4. The monoisotopic (exact) mass is 244 g/mol. The summed E-state index contributed by atoms with van der Waals surface area (Å²) in [5, 5.41) is 3.84. The SMILES string of the molecule is CC1(CN)CCN(Cc2ccn(C(F)F)n2)C1. The summed E-state index contributed by atoms with van der Waals surface area (Å²) in [7, 11) is 0. The van der Waals surface area contributed by atoms with Crippen LogP contribution in [0.3, 0.4) is 0 Å². The lowest BCUT2D eigenvalue weighted by molar-refractivity contribution is 0.0558. The van der Waals surface area contributed by atoms with Crippen molar-refractivity contribution >= 4 is 0 Å². The van der Waals surface area contributed by atoms with Crippen molar-refractivity contribution in [2.45, 2.75) is 26.4 Å². The third-order valence-corrected chi connectivity index (χ3v) is 3.38. The molecule has 1 aromatic rings. The van der Waals surface area contributed by atoms with Crippen molar-refractivity contribution in [3.05, 3.63) is 18.0 Å². The number of hydrogen-bond acceptors (Lipinski definition) is 3. The van der Waals surface area contributed by atoms with Gasteiger partial charge in [0, 0.05) is 19.3 Å². The number of aromatic nitrogens is 2. The number of hydrogen-bond donors (Lipinski definition) is 1. The van der Waals surface area contributed by atoms with Crippen molar-refractivity contribution in [2.75, 3.05) is 19.6 Å². The van der Waals surface area contributed by atoms with Crippen molar-refractivity contribution in [3.63, 3.8) is 0 Å². The minimum Gasteiger partial charge on any atom is -0.330 e. The van der Waals surface area contributed by atoms with Crippen molar-refractivity contribution in [2.24, 2.45) is 11.1 Å². The maximum Gasteiger partial charge on any atom is 0.333 e. The Balaban J connectivity index is 1.93. The van der Waals surface area contributed by atoms with Gasteiger partial charge in [0.1, 0.15) is 0 Å². The van der Waals surface area contributed by atoms with Gasteiger partial charge < -0.3 is 5.73 Å². The molecular weight excluding hydrogens is 226 g/mol. The molecule has 2 N–H and O–H groups in total. The normalized spacial score (nSPS) is 25.9. The highest BCUT2D eigenvalue weighted by Gasteiger charge is 2.32. The first kappa shape index (κ1) is 12.4. The first-order valence-corrected chi connectivity index (χ1v) is 5.77. The molecule has 1 atom stereocenters. The van der Waals surface area contributed by atoms with Gasteiger partial charge in [-0.05, 0) is 31.0 Å². The van der Waals surface area contributed by atoms with Crippen LogP contribution in [0.15, 0.2) is 12.3 Å². The zero-order chi connectivity index (χ0) is 12.5. The lowest BCUT2D eigenvalue weighted by Gasteiger charge is -2.22. The van der Waals surface area contributed by atoms with E-state index in [1.807, 2.05) is 0 Å². The second-order valence-electron chi connectivity index (χ2n) is 5.04. The van der Waals surface area contributed by atoms with Gasteiger partial charge in [-0.2, -0.15) is 13.9 Å². The van der Waals surface area contributed by atoms with Crippen LogP contribution in [-0.4, -0.2) is 34.3 Å². The molecule has 0 aromatic carbocycles. The van der Waals surface area contributed by atoms with E-state index in [-0.39, 0.29) is 5.41 Å². The van der Waals surface area contributed by atoms with E-state index >= 15 is 0 Å². The van der Waals surface area contributed by atoms with E-state index in [0.29, 0.717) is 23.5 Å². The summed E-state index contributed by atoms with van der Waals surface area (Å²) in [5.74, 6) is 0. The smallest absolute Gasteiger partial charge is 0.330 e. The van der Waals surface area contributed by atoms with Gasteiger partial charge in [0.15, 0.2) is 0 Å². The number of likely N-dealkylation sites (tertiary alicyclic amines) is 1. The molecule has 1 saturated heterocycles. The molecule has 0 radical (unpaired) electrons. The molecule has 6 heteroatoms. The predicted molar refractivity (Wildman–Crippen MR) is 60.5 cm³/mol. The fourth-order valence-electron chi connectivity index (χ4n) is 2.23. The zero-order valence-corrected chi connectivity index (χ0v) is 9.94. The second kappa shape index (κ2) is 4.70. The zero-order valence-electron chi connectivity index (χ0n) is 9.94. The fraction of sp³-hybridized carbons (Fsp3) is 0.727. The molecule has 0 bridgehead atoms. The third-order valence-electron chi connectivity index (χ3n) is 3.38.